The van der Waals surface area contributed by atoms with Crippen molar-refractivity contribution in [2.24, 2.45) is 17.8 Å². The Morgan fingerprint density at radius 3 is 2.24 bits per heavy atom. The van der Waals surface area contributed by atoms with Crippen molar-refractivity contribution in [3.63, 3.8) is 0 Å². The highest BCUT2D eigenvalue weighted by molar-refractivity contribution is 7.90. The Morgan fingerprint density at radius 1 is 0.987 bits per heavy atom. The van der Waals surface area contributed by atoms with Crippen LogP contribution in [0.15, 0.2) is 35.4 Å². The molecule has 1 aromatic carbocycles. The van der Waals surface area contributed by atoms with Gasteiger partial charge in [0.25, 0.3) is 0 Å². The van der Waals surface area contributed by atoms with E-state index >= 15 is 4.39 Å². The van der Waals surface area contributed by atoms with Gasteiger partial charge in [-0.3, -0.25) is 4.79 Å². The molecule has 0 unspecified atom stereocenters. The summed E-state index contributed by atoms with van der Waals surface area (Å²) in [5, 5.41) is 67.7. The number of likely N-dealkylation sites (N-methyl/N-ethyl adjacent to an activating group) is 2. The molecule has 20 atom stereocenters. The summed E-state index contributed by atoms with van der Waals surface area (Å²) in [7, 11) is 1.67. The van der Waals surface area contributed by atoms with Crippen molar-refractivity contribution in [1.82, 2.24) is 24.8 Å². The molecular weight excluding hydrogens is 1000 g/mol. The van der Waals surface area contributed by atoms with E-state index in [1.807, 2.05) is 44.7 Å². The number of alkyl halides is 2. The van der Waals surface area contributed by atoms with E-state index in [2.05, 4.69) is 10.3 Å². The van der Waals surface area contributed by atoms with Crippen LogP contribution in [0.4, 0.5) is 8.78 Å². The van der Waals surface area contributed by atoms with E-state index in [0.29, 0.717) is 31.6 Å². The van der Waals surface area contributed by atoms with Gasteiger partial charge in [-0.25, -0.2) is 21.9 Å². The average Bonchev–Trinajstić information content (AvgIpc) is 3.82. The third-order valence-electron chi connectivity index (χ3n) is 16.4. The summed E-state index contributed by atoms with van der Waals surface area (Å²) in [5.74, 6) is -2.68. The second kappa shape index (κ2) is 26.0. The number of halogens is 2. The summed E-state index contributed by atoms with van der Waals surface area (Å²) < 4.78 is 93.4. The molecule has 0 saturated carbocycles. The number of aliphatic hydroxyl groups is 5. The number of aliphatic hydroxyl groups excluding tert-OH is 3. The minimum absolute atomic E-state index is 0.00337. The maximum absolute atomic E-state index is 15.7. The lowest BCUT2D eigenvalue weighted by atomic mass is 9.78. The first-order valence-corrected chi connectivity index (χ1v) is 28.4. The maximum Gasteiger partial charge on any atom is 0.311 e. The Morgan fingerprint density at radius 2 is 1.64 bits per heavy atom. The van der Waals surface area contributed by atoms with Gasteiger partial charge in [-0.15, -0.1) is 5.10 Å². The molecule has 0 amide bonds. The number of methoxy groups -OCH3 is 1. The molecule has 22 heteroatoms. The smallest absolute Gasteiger partial charge is 0.311 e. The Bertz CT molecular complexity index is 2230. The standard InChI is InChI=1S/C53H89F2N5O14S/c1-15-42-52(9,66)25-41(61)34(6)59(12)28-30(2)20-22-51(8,65)48(32(4)46(33(5)49(64)72-42)73-43-26-53(10,69-13)47(63)35(7)71-43)74-50-45(62)39(24-31(3)70-50)58(11)23-21-37-29-60(57-56-37)40(27-54)44(55)36-16-18-38(19-17-36)75(14,67)68/h16-19,29-35,39-48,50,61-63,65-66H,15,20-28H2,1-14H3/t30-,31-,32+,33-,34-,35+,39+,40-,41+,42-,43+,44-,45-,46+,47+,48-,50+,51-,52+,53-/m1/s1. The van der Waals surface area contributed by atoms with E-state index in [0.717, 1.165) is 10.9 Å². The van der Waals surface area contributed by atoms with E-state index in [4.69, 9.17) is 28.4 Å². The van der Waals surface area contributed by atoms with E-state index in [9.17, 15) is 43.1 Å². The topological polar surface area (TPSA) is 245 Å². The number of rotatable bonds is 15. The average molecular weight is 1090 g/mol. The lowest BCUT2D eigenvalue weighted by Crippen LogP contribution is -2.60. The van der Waals surface area contributed by atoms with Crippen LogP contribution in [0.5, 0.6) is 0 Å². The largest absolute Gasteiger partial charge is 0.459 e. The highest BCUT2D eigenvalue weighted by Crippen LogP contribution is 2.40. The lowest BCUT2D eigenvalue weighted by molar-refractivity contribution is -0.318. The molecule has 0 radical (unpaired) electrons. The first-order valence-electron chi connectivity index (χ1n) is 26.5. The molecule has 2 aromatic rings. The van der Waals surface area contributed by atoms with Gasteiger partial charge < -0.3 is 63.8 Å². The van der Waals surface area contributed by atoms with Gasteiger partial charge in [-0.2, -0.15) is 0 Å². The highest BCUT2D eigenvalue weighted by Gasteiger charge is 2.52. The zero-order valence-electron chi connectivity index (χ0n) is 46.6. The van der Waals surface area contributed by atoms with Crippen molar-refractivity contribution in [2.75, 3.05) is 47.2 Å². The van der Waals surface area contributed by atoms with Gasteiger partial charge >= 0.3 is 5.97 Å². The fourth-order valence-electron chi connectivity index (χ4n) is 11.1. The predicted molar refractivity (Wildman–Crippen MR) is 274 cm³/mol. The number of benzene rings is 1. The SMILES string of the molecule is CC[C@H]1OC(=O)[C@H](C)[C@@H](O[C@H]2C[C@@](C)(OC)[C@@H](O)[C@H](C)O2)[C@H](C)[C@@H](O[C@@H]2O[C@H](C)C[C@H](N(C)CCc3cn([C@H](CF)[C@H](F)c4ccc(S(C)(=O)=O)cc4)nn3)[C@H]2O)[C@](C)(O)CC[C@@H](C)CN(C)[C@H](C)[C@@H](O)C[C@]1(C)O. The van der Waals surface area contributed by atoms with Crippen LogP contribution in [0.3, 0.4) is 0 Å². The number of carbonyl (C=O) groups is 1. The van der Waals surface area contributed by atoms with E-state index in [1.165, 1.54) is 37.6 Å². The fourth-order valence-corrected chi connectivity index (χ4v) is 11.8. The van der Waals surface area contributed by atoms with Crippen LogP contribution >= 0.6 is 0 Å². The van der Waals surface area contributed by atoms with Crippen LogP contribution in [-0.2, 0) is 49.5 Å². The van der Waals surface area contributed by atoms with E-state index < -0.39 is 131 Å². The molecule has 75 heavy (non-hydrogen) atoms. The van der Waals surface area contributed by atoms with Crippen LogP contribution in [0, 0.1) is 17.8 Å². The van der Waals surface area contributed by atoms with Crippen molar-refractivity contribution >= 4 is 15.8 Å². The number of carbonyl (C=O) groups excluding carboxylic acids is 1. The zero-order valence-corrected chi connectivity index (χ0v) is 47.4. The molecule has 5 N–H and O–H groups in total. The number of aromatic nitrogens is 3. The van der Waals surface area contributed by atoms with Crippen LogP contribution in [0.25, 0.3) is 0 Å². The zero-order chi connectivity index (χ0) is 56.1. The normalized spacial score (nSPS) is 39.4. The molecule has 5 rings (SSSR count). The molecule has 4 heterocycles. The molecule has 1 aromatic heterocycles. The number of nitrogens with zero attached hydrogens (tertiary/aromatic N) is 5. The molecule has 3 saturated heterocycles. The number of hydrogen-bond donors (Lipinski definition) is 5. The van der Waals surface area contributed by atoms with Crippen LogP contribution < -0.4 is 0 Å². The van der Waals surface area contributed by atoms with Crippen LogP contribution in [0.1, 0.15) is 131 Å². The summed E-state index contributed by atoms with van der Waals surface area (Å²) >= 11 is 0. The summed E-state index contributed by atoms with van der Waals surface area (Å²) in [6, 6.07) is 2.86. The molecule has 430 valence electrons. The monoisotopic (exact) mass is 1090 g/mol. The predicted octanol–water partition coefficient (Wildman–Crippen LogP) is 4.51. The van der Waals surface area contributed by atoms with Crippen molar-refractivity contribution in [3.05, 3.63) is 41.7 Å². The van der Waals surface area contributed by atoms with Crippen LogP contribution in [0.2, 0.25) is 0 Å². The first kappa shape index (κ1) is 63.0. The Hall–Kier alpha value is -2.84. The molecule has 0 spiro atoms. The van der Waals surface area contributed by atoms with E-state index in [-0.39, 0.29) is 54.5 Å². The highest BCUT2D eigenvalue weighted by atomic mass is 32.2. The number of ether oxygens (including phenoxy) is 6. The van der Waals surface area contributed by atoms with Gasteiger partial charge in [-0.05, 0) is 112 Å². The third kappa shape index (κ3) is 15.5. The Kier molecular flexibility index (Phi) is 21.8. The second-order valence-corrected chi connectivity index (χ2v) is 24.9. The van der Waals surface area contributed by atoms with E-state index in [1.54, 1.807) is 48.5 Å². The quantitative estimate of drug-likeness (QED) is 0.154. The Balaban J connectivity index is 1.44. The van der Waals surface area contributed by atoms with Gasteiger partial charge in [0, 0.05) is 69.9 Å². The van der Waals surface area contributed by atoms with Gasteiger partial charge in [0.05, 0.1) is 58.2 Å². The fraction of sp³-hybridized carbons (Fsp3) is 0.830. The van der Waals surface area contributed by atoms with Crippen molar-refractivity contribution < 1.29 is 75.9 Å². The number of cyclic esters (lactones) is 1. The second-order valence-electron chi connectivity index (χ2n) is 22.9. The van der Waals surface area contributed by atoms with Gasteiger partial charge in [-0.1, -0.05) is 38.1 Å². The summed E-state index contributed by atoms with van der Waals surface area (Å²) in [6.45, 7) is 17.3. The van der Waals surface area contributed by atoms with Crippen molar-refractivity contribution in [1.29, 1.82) is 0 Å². The minimum Gasteiger partial charge on any atom is -0.459 e. The number of hydrogen-bond acceptors (Lipinski definition) is 18. The summed E-state index contributed by atoms with van der Waals surface area (Å²) in [5.41, 5.74) is -3.86. The summed E-state index contributed by atoms with van der Waals surface area (Å²) in [4.78, 5) is 18.5. The molecule has 3 aliphatic rings. The van der Waals surface area contributed by atoms with Crippen LogP contribution in [-0.4, -0.2) is 202 Å². The molecule has 3 aliphatic heterocycles. The molecule has 3 fully saturated rings. The van der Waals surface area contributed by atoms with Crippen molar-refractivity contribution in [2.45, 2.75) is 222 Å². The summed E-state index contributed by atoms with van der Waals surface area (Å²) in [6.07, 6.45) is -7.91. The molecule has 0 bridgehead atoms. The van der Waals surface area contributed by atoms with Crippen molar-refractivity contribution in [3.8, 4) is 0 Å². The number of sulfone groups is 1. The maximum atomic E-state index is 15.7. The molecule has 19 nitrogen and oxygen atoms in total. The van der Waals surface area contributed by atoms with Gasteiger partial charge in [0.15, 0.2) is 28.6 Å². The molecular formula is C53H89F2N5O14S. The van der Waals surface area contributed by atoms with Gasteiger partial charge in [0.1, 0.15) is 36.6 Å². The first-order chi connectivity index (χ1) is 34.9. The third-order valence-corrected chi connectivity index (χ3v) is 17.5. The number of esters is 1. The van der Waals surface area contributed by atoms with Gasteiger partial charge in [0.2, 0.25) is 0 Å². The molecule has 0 aliphatic carbocycles. The Labute approximate surface area is 443 Å². The minimum atomic E-state index is -3.52. The lowest BCUT2D eigenvalue weighted by Gasteiger charge is -2.48.